The number of hydrogen-bond acceptors (Lipinski definition) is 1. The summed E-state index contributed by atoms with van der Waals surface area (Å²) in [4.78, 5) is 0. The Morgan fingerprint density at radius 1 is 1.30 bits per heavy atom. The van der Waals surface area contributed by atoms with Crippen LogP contribution in [0.2, 0.25) is 0 Å². The first-order valence-corrected chi connectivity index (χ1v) is 7.69. The molecule has 1 atom stereocenters. The van der Waals surface area contributed by atoms with Crippen molar-refractivity contribution in [3.8, 4) is 0 Å². The molecule has 0 heterocycles. The van der Waals surface area contributed by atoms with Crippen molar-refractivity contribution in [3.63, 3.8) is 0 Å². The summed E-state index contributed by atoms with van der Waals surface area (Å²) in [6.45, 7) is 19.4. The monoisotopic (exact) mass is 275 g/mol. The maximum atomic E-state index is 4.18. The predicted octanol–water partition coefficient (Wildman–Crippen LogP) is 5.63. The summed E-state index contributed by atoms with van der Waals surface area (Å²) in [6.07, 6.45) is 12.0. The molecule has 114 valence electrons. The number of rotatable bonds is 8. The third kappa shape index (κ3) is 6.79. The molecule has 0 saturated heterocycles. The third-order valence-electron chi connectivity index (χ3n) is 3.49. The molecule has 0 bridgehead atoms. The lowest BCUT2D eigenvalue weighted by Crippen LogP contribution is -2.39. The molecule has 0 aromatic heterocycles. The van der Waals surface area contributed by atoms with Crippen LogP contribution in [0.3, 0.4) is 0 Å². The van der Waals surface area contributed by atoms with Crippen molar-refractivity contribution >= 4 is 0 Å². The predicted molar refractivity (Wildman–Crippen MR) is 92.7 cm³/mol. The van der Waals surface area contributed by atoms with Gasteiger partial charge in [-0.2, -0.15) is 0 Å². The first-order chi connectivity index (χ1) is 9.24. The zero-order valence-corrected chi connectivity index (χ0v) is 14.5. The fourth-order valence-corrected chi connectivity index (χ4v) is 2.06. The summed E-state index contributed by atoms with van der Waals surface area (Å²) in [5.41, 5.74) is 2.20. The highest BCUT2D eigenvalue weighted by Crippen LogP contribution is 2.20. The Labute approximate surface area is 126 Å². The Morgan fingerprint density at radius 3 is 2.35 bits per heavy atom. The Morgan fingerprint density at radius 2 is 1.90 bits per heavy atom. The molecule has 0 aromatic rings. The van der Waals surface area contributed by atoms with Crippen LogP contribution < -0.4 is 5.32 Å². The molecule has 20 heavy (non-hydrogen) atoms. The van der Waals surface area contributed by atoms with Gasteiger partial charge in [-0.15, -0.1) is 0 Å². The van der Waals surface area contributed by atoms with Crippen LogP contribution >= 0.6 is 0 Å². The SMILES string of the molecule is C=C(C=CCC)C(C)(C)NC(C)=CC(C=CC)C(C)C. The molecular formula is C19H33N. The summed E-state index contributed by atoms with van der Waals surface area (Å²) < 4.78 is 0. The Kier molecular flexibility index (Phi) is 8.29. The van der Waals surface area contributed by atoms with E-state index in [0.717, 1.165) is 12.0 Å². The molecule has 0 aliphatic carbocycles. The highest BCUT2D eigenvalue weighted by Gasteiger charge is 2.19. The van der Waals surface area contributed by atoms with E-state index >= 15 is 0 Å². The molecular weight excluding hydrogens is 242 g/mol. The summed E-state index contributed by atoms with van der Waals surface area (Å²) >= 11 is 0. The van der Waals surface area contributed by atoms with Crippen molar-refractivity contribution in [2.75, 3.05) is 0 Å². The summed E-state index contributed by atoms with van der Waals surface area (Å²) in [5, 5.41) is 3.59. The summed E-state index contributed by atoms with van der Waals surface area (Å²) in [6, 6.07) is 0. The smallest absolute Gasteiger partial charge is 0.0560 e. The number of hydrogen-bond donors (Lipinski definition) is 1. The van der Waals surface area contributed by atoms with E-state index in [4.69, 9.17) is 0 Å². The number of allylic oxidation sites excluding steroid dienone is 5. The largest absolute Gasteiger partial charge is 0.380 e. The van der Waals surface area contributed by atoms with E-state index in [9.17, 15) is 0 Å². The third-order valence-corrected chi connectivity index (χ3v) is 3.49. The van der Waals surface area contributed by atoms with Gasteiger partial charge >= 0.3 is 0 Å². The maximum Gasteiger partial charge on any atom is 0.0560 e. The molecule has 0 aliphatic rings. The van der Waals surface area contributed by atoms with Gasteiger partial charge in [0.05, 0.1) is 5.54 Å². The van der Waals surface area contributed by atoms with Gasteiger partial charge in [-0.3, -0.25) is 0 Å². The lowest BCUT2D eigenvalue weighted by Gasteiger charge is -2.29. The van der Waals surface area contributed by atoms with Crippen molar-refractivity contribution < 1.29 is 0 Å². The van der Waals surface area contributed by atoms with E-state index in [1.807, 2.05) is 0 Å². The molecule has 0 spiro atoms. The van der Waals surface area contributed by atoms with Crippen LogP contribution in [0.4, 0.5) is 0 Å². The first kappa shape index (κ1) is 18.8. The fourth-order valence-electron chi connectivity index (χ4n) is 2.06. The fraction of sp³-hybridized carbons (Fsp3) is 0.579. The van der Waals surface area contributed by atoms with Gasteiger partial charge in [0.2, 0.25) is 0 Å². The van der Waals surface area contributed by atoms with E-state index in [0.29, 0.717) is 11.8 Å². The standard InChI is InChI=1S/C19H33N/c1-9-11-13-16(5)19(7,8)20-17(6)14-18(12-10-2)15(3)4/h10-15,18,20H,5,9H2,1-4,6-8H3. The second kappa shape index (κ2) is 8.84. The molecule has 0 aliphatic heterocycles. The molecule has 1 N–H and O–H groups in total. The van der Waals surface area contributed by atoms with E-state index in [2.05, 4.69) is 90.7 Å². The number of nitrogens with one attached hydrogen (secondary N) is 1. The van der Waals surface area contributed by atoms with Crippen LogP contribution in [-0.4, -0.2) is 5.54 Å². The molecule has 1 nitrogen and oxygen atoms in total. The van der Waals surface area contributed by atoms with Crippen LogP contribution in [0, 0.1) is 11.8 Å². The molecule has 1 unspecified atom stereocenters. The van der Waals surface area contributed by atoms with Crippen molar-refractivity contribution in [2.24, 2.45) is 11.8 Å². The van der Waals surface area contributed by atoms with Crippen LogP contribution in [0.5, 0.6) is 0 Å². The van der Waals surface area contributed by atoms with Gasteiger partial charge in [0, 0.05) is 5.70 Å². The quantitative estimate of drug-likeness (QED) is 0.447. The average molecular weight is 275 g/mol. The van der Waals surface area contributed by atoms with Gasteiger partial charge in [-0.05, 0) is 51.5 Å². The van der Waals surface area contributed by atoms with Gasteiger partial charge in [-0.1, -0.05) is 57.7 Å². The maximum absolute atomic E-state index is 4.18. The molecule has 0 radical (unpaired) electrons. The van der Waals surface area contributed by atoms with E-state index in [1.54, 1.807) is 0 Å². The highest BCUT2D eigenvalue weighted by atomic mass is 15.0. The van der Waals surface area contributed by atoms with E-state index in [-0.39, 0.29) is 5.54 Å². The minimum Gasteiger partial charge on any atom is -0.380 e. The molecule has 0 fully saturated rings. The van der Waals surface area contributed by atoms with Crippen LogP contribution in [0.1, 0.15) is 54.9 Å². The normalized spacial score (nSPS) is 15.3. The van der Waals surface area contributed by atoms with Crippen molar-refractivity contribution in [1.82, 2.24) is 5.32 Å². The minimum atomic E-state index is -0.121. The Balaban J connectivity index is 4.91. The van der Waals surface area contributed by atoms with Crippen molar-refractivity contribution in [3.05, 3.63) is 48.2 Å². The van der Waals surface area contributed by atoms with Gasteiger partial charge < -0.3 is 5.32 Å². The summed E-state index contributed by atoms with van der Waals surface area (Å²) in [7, 11) is 0. The lowest BCUT2D eigenvalue weighted by atomic mass is 9.92. The molecule has 0 aromatic carbocycles. The van der Waals surface area contributed by atoms with Gasteiger partial charge in [0.1, 0.15) is 0 Å². The van der Waals surface area contributed by atoms with E-state index < -0.39 is 0 Å². The average Bonchev–Trinajstić information content (AvgIpc) is 2.34. The van der Waals surface area contributed by atoms with Gasteiger partial charge in [-0.25, -0.2) is 0 Å². The molecule has 0 rings (SSSR count). The first-order valence-electron chi connectivity index (χ1n) is 7.69. The second-order valence-electron chi connectivity index (χ2n) is 6.28. The van der Waals surface area contributed by atoms with Gasteiger partial charge in [0.15, 0.2) is 0 Å². The molecule has 0 saturated carbocycles. The lowest BCUT2D eigenvalue weighted by molar-refractivity contribution is 0.497. The van der Waals surface area contributed by atoms with Gasteiger partial charge in [0.25, 0.3) is 0 Å². The van der Waals surface area contributed by atoms with E-state index in [1.165, 1.54) is 5.70 Å². The molecule has 0 amide bonds. The van der Waals surface area contributed by atoms with Crippen molar-refractivity contribution in [2.45, 2.75) is 60.4 Å². The Bertz CT molecular complexity index is 381. The topological polar surface area (TPSA) is 12.0 Å². The van der Waals surface area contributed by atoms with Crippen molar-refractivity contribution in [1.29, 1.82) is 0 Å². The van der Waals surface area contributed by atoms with Crippen LogP contribution in [0.15, 0.2) is 48.2 Å². The molecule has 1 heteroatoms. The Hall–Kier alpha value is -1.24. The zero-order valence-electron chi connectivity index (χ0n) is 14.5. The zero-order chi connectivity index (χ0) is 15.8. The highest BCUT2D eigenvalue weighted by molar-refractivity contribution is 5.28. The second-order valence-corrected chi connectivity index (χ2v) is 6.28. The summed E-state index contributed by atoms with van der Waals surface area (Å²) in [5.74, 6) is 1.08. The minimum absolute atomic E-state index is 0.121. The van der Waals surface area contributed by atoms with Crippen LogP contribution in [0.25, 0.3) is 0 Å². The van der Waals surface area contributed by atoms with Crippen LogP contribution in [-0.2, 0) is 0 Å².